The second-order valence-electron chi connectivity index (χ2n) is 1.96. The SMILES string of the molecule is CC.C[N-]Cc1ccccc1.[Re]. The Balaban J connectivity index is 0. The molecule has 0 N–H and O–H groups in total. The van der Waals surface area contributed by atoms with Crippen molar-refractivity contribution in [3.05, 3.63) is 41.2 Å². The Kier molecular flexibility index (Phi) is 13.0. The third-order valence-electron chi connectivity index (χ3n) is 1.18. The van der Waals surface area contributed by atoms with Gasteiger partial charge in [-0.1, -0.05) is 49.7 Å². The fourth-order valence-electron chi connectivity index (χ4n) is 0.766. The maximum Gasteiger partial charge on any atom is 0 e. The van der Waals surface area contributed by atoms with Gasteiger partial charge in [-0.05, 0) is 0 Å². The van der Waals surface area contributed by atoms with E-state index in [1.807, 2.05) is 39.1 Å². The van der Waals surface area contributed by atoms with E-state index in [9.17, 15) is 0 Å². The molecule has 0 aliphatic rings. The molecule has 69 valence electrons. The Labute approximate surface area is 89.2 Å². The first-order valence-corrected chi connectivity index (χ1v) is 4.03. The van der Waals surface area contributed by atoms with Gasteiger partial charge < -0.3 is 5.32 Å². The maximum absolute atomic E-state index is 4.01. The molecule has 0 saturated heterocycles. The number of rotatable bonds is 2. The van der Waals surface area contributed by atoms with E-state index in [1.54, 1.807) is 0 Å². The standard InChI is InChI=1S/C8H10N.C2H6.Re/c1-9-7-8-5-3-2-4-6-8;1-2;/h2-6H,7H2,1H3;1-2H3;/q-1;;. The summed E-state index contributed by atoms with van der Waals surface area (Å²) in [6.45, 7) is 4.83. The first-order chi connectivity index (χ1) is 5.43. The van der Waals surface area contributed by atoms with Crippen LogP contribution in [0.4, 0.5) is 0 Å². The van der Waals surface area contributed by atoms with Crippen LogP contribution in [0.25, 0.3) is 5.32 Å². The summed E-state index contributed by atoms with van der Waals surface area (Å²) in [5, 5.41) is 4.01. The molecule has 1 aromatic rings. The van der Waals surface area contributed by atoms with Crippen molar-refractivity contribution >= 4 is 0 Å². The van der Waals surface area contributed by atoms with Crippen LogP contribution >= 0.6 is 0 Å². The molecule has 0 saturated carbocycles. The first kappa shape index (κ1) is 14.4. The normalized spacial score (nSPS) is 7.58. The zero-order chi connectivity index (χ0) is 8.53. The van der Waals surface area contributed by atoms with Gasteiger partial charge in [0.05, 0.1) is 0 Å². The van der Waals surface area contributed by atoms with Crippen LogP contribution in [0.2, 0.25) is 0 Å². The van der Waals surface area contributed by atoms with Crippen LogP contribution in [0, 0.1) is 0 Å². The summed E-state index contributed by atoms with van der Waals surface area (Å²) >= 11 is 0. The van der Waals surface area contributed by atoms with Gasteiger partial charge in [-0.15, -0.1) is 6.54 Å². The average Bonchev–Trinajstić information content (AvgIpc) is 2.11. The van der Waals surface area contributed by atoms with Crippen molar-refractivity contribution in [1.29, 1.82) is 0 Å². The van der Waals surface area contributed by atoms with Gasteiger partial charge in [0.25, 0.3) is 0 Å². The predicted molar refractivity (Wildman–Crippen MR) is 50.8 cm³/mol. The zero-order valence-electron chi connectivity index (χ0n) is 7.92. The van der Waals surface area contributed by atoms with Crippen molar-refractivity contribution in [2.75, 3.05) is 7.05 Å². The molecule has 12 heavy (non-hydrogen) atoms. The molecular formula is C10H16NRe-. The summed E-state index contributed by atoms with van der Waals surface area (Å²) in [6.07, 6.45) is 0. The number of hydrogen-bond donors (Lipinski definition) is 0. The van der Waals surface area contributed by atoms with Gasteiger partial charge in [-0.25, -0.2) is 0 Å². The molecule has 0 unspecified atom stereocenters. The molecule has 1 nitrogen and oxygen atoms in total. The Morgan fingerprint density at radius 2 is 1.58 bits per heavy atom. The monoisotopic (exact) mass is 337 g/mol. The van der Waals surface area contributed by atoms with Crippen molar-refractivity contribution in [2.45, 2.75) is 20.4 Å². The van der Waals surface area contributed by atoms with Gasteiger partial charge in [0.15, 0.2) is 0 Å². The van der Waals surface area contributed by atoms with Crippen LogP contribution in [0.5, 0.6) is 0 Å². The number of hydrogen-bond acceptors (Lipinski definition) is 0. The van der Waals surface area contributed by atoms with E-state index in [-0.39, 0.29) is 20.4 Å². The van der Waals surface area contributed by atoms with Gasteiger partial charge in [-0.3, -0.25) is 0 Å². The molecule has 0 amide bonds. The van der Waals surface area contributed by atoms with E-state index in [4.69, 9.17) is 0 Å². The molecule has 0 bridgehead atoms. The first-order valence-electron chi connectivity index (χ1n) is 4.03. The van der Waals surface area contributed by atoms with Crippen molar-refractivity contribution in [2.24, 2.45) is 0 Å². The minimum atomic E-state index is 0. The third kappa shape index (κ3) is 6.55. The van der Waals surface area contributed by atoms with Crippen LogP contribution in [0.15, 0.2) is 30.3 Å². The van der Waals surface area contributed by atoms with Crippen LogP contribution in [-0.2, 0) is 27.0 Å². The van der Waals surface area contributed by atoms with Crippen LogP contribution in [0.3, 0.4) is 0 Å². The summed E-state index contributed by atoms with van der Waals surface area (Å²) in [5.74, 6) is 0. The number of benzene rings is 1. The molecule has 1 aromatic carbocycles. The van der Waals surface area contributed by atoms with E-state index in [2.05, 4.69) is 17.4 Å². The molecular weight excluding hydrogens is 320 g/mol. The topological polar surface area (TPSA) is 14.1 Å². The zero-order valence-corrected chi connectivity index (χ0v) is 10.6. The molecule has 0 aliphatic carbocycles. The summed E-state index contributed by atoms with van der Waals surface area (Å²) in [6, 6.07) is 10.2. The second-order valence-corrected chi connectivity index (χ2v) is 1.96. The van der Waals surface area contributed by atoms with Gasteiger partial charge in [0.1, 0.15) is 0 Å². The Morgan fingerprint density at radius 1 is 1.08 bits per heavy atom. The van der Waals surface area contributed by atoms with Crippen LogP contribution < -0.4 is 0 Å². The fraction of sp³-hybridized carbons (Fsp3) is 0.400. The van der Waals surface area contributed by atoms with Crippen molar-refractivity contribution in [1.82, 2.24) is 0 Å². The van der Waals surface area contributed by atoms with E-state index in [1.165, 1.54) is 5.56 Å². The number of nitrogens with zero attached hydrogens (tertiary/aromatic N) is 1. The van der Waals surface area contributed by atoms with Crippen LogP contribution in [-0.4, -0.2) is 7.05 Å². The molecule has 0 spiro atoms. The maximum atomic E-state index is 4.01. The van der Waals surface area contributed by atoms with E-state index >= 15 is 0 Å². The average molecular weight is 336 g/mol. The Bertz CT molecular complexity index is 163. The molecule has 1 rings (SSSR count). The van der Waals surface area contributed by atoms with Crippen LogP contribution in [0.1, 0.15) is 19.4 Å². The van der Waals surface area contributed by atoms with E-state index in [0.29, 0.717) is 0 Å². The summed E-state index contributed by atoms with van der Waals surface area (Å²) in [7, 11) is 1.83. The summed E-state index contributed by atoms with van der Waals surface area (Å²) in [5.41, 5.74) is 1.28. The smallest absolute Gasteiger partial charge is 0 e. The van der Waals surface area contributed by atoms with E-state index < -0.39 is 0 Å². The van der Waals surface area contributed by atoms with Crippen molar-refractivity contribution in [3.63, 3.8) is 0 Å². The van der Waals surface area contributed by atoms with Gasteiger partial charge in [0.2, 0.25) is 0 Å². The molecule has 0 atom stereocenters. The Morgan fingerprint density at radius 3 is 2.00 bits per heavy atom. The molecule has 0 aliphatic heterocycles. The largest absolute Gasteiger partial charge is 0.661 e. The quantitative estimate of drug-likeness (QED) is 0.787. The van der Waals surface area contributed by atoms with Crippen molar-refractivity contribution < 1.29 is 20.4 Å². The summed E-state index contributed by atoms with van der Waals surface area (Å²) in [4.78, 5) is 0. The van der Waals surface area contributed by atoms with Gasteiger partial charge in [-0.2, -0.15) is 7.05 Å². The second kappa shape index (κ2) is 10.8. The minimum Gasteiger partial charge on any atom is -0.661 e. The Hall–Kier alpha value is -0.158. The third-order valence-corrected chi connectivity index (χ3v) is 1.18. The predicted octanol–water partition coefficient (Wildman–Crippen LogP) is 3.21. The van der Waals surface area contributed by atoms with Crippen molar-refractivity contribution in [3.8, 4) is 0 Å². The minimum absolute atomic E-state index is 0. The molecule has 0 fully saturated rings. The molecule has 1 radical (unpaired) electrons. The summed E-state index contributed by atoms with van der Waals surface area (Å²) < 4.78 is 0. The van der Waals surface area contributed by atoms with Gasteiger partial charge >= 0.3 is 0 Å². The fourth-order valence-corrected chi connectivity index (χ4v) is 0.766. The van der Waals surface area contributed by atoms with Gasteiger partial charge in [0, 0.05) is 20.4 Å². The molecule has 2 heteroatoms. The van der Waals surface area contributed by atoms with E-state index in [0.717, 1.165) is 6.54 Å². The molecule has 0 aromatic heterocycles. The molecule has 0 heterocycles.